The molecule has 41 heavy (non-hydrogen) atoms. The number of nitrogens with zero attached hydrogens (tertiary/aromatic N) is 5. The first-order valence-corrected chi connectivity index (χ1v) is 14.4. The molecule has 0 saturated carbocycles. The number of benzene rings is 2. The van der Waals surface area contributed by atoms with Crippen molar-refractivity contribution in [3.05, 3.63) is 85.1 Å². The highest BCUT2D eigenvalue weighted by molar-refractivity contribution is 7.92. The smallest absolute Gasteiger partial charge is 0.324 e. The van der Waals surface area contributed by atoms with Crippen LogP contribution in [0.15, 0.2) is 79.4 Å². The molecule has 0 unspecified atom stereocenters. The molecule has 2 amide bonds. The molecule has 5 rings (SSSR count). The molecule has 0 atom stereocenters. The average molecular weight is 573 g/mol. The zero-order valence-corrected chi connectivity index (χ0v) is 23.6. The van der Waals surface area contributed by atoms with Gasteiger partial charge in [0.05, 0.1) is 23.2 Å². The van der Waals surface area contributed by atoms with Crippen LogP contribution in [-0.2, 0) is 15.4 Å². The van der Waals surface area contributed by atoms with Crippen LogP contribution < -0.4 is 20.1 Å². The molecule has 3 heterocycles. The topological polar surface area (TPSA) is 153 Å². The van der Waals surface area contributed by atoms with Crippen LogP contribution >= 0.6 is 0 Å². The molecule has 0 saturated heterocycles. The van der Waals surface area contributed by atoms with Gasteiger partial charge in [0, 0.05) is 41.0 Å². The van der Waals surface area contributed by atoms with Crippen molar-refractivity contribution in [3.63, 3.8) is 0 Å². The minimum Gasteiger partial charge on any atom is -0.457 e. The Bertz CT molecular complexity index is 1830. The zero-order chi connectivity index (χ0) is 29.2. The fraction of sp³-hybridized carbons (Fsp3) is 0.179. The molecule has 0 fully saturated rings. The van der Waals surface area contributed by atoms with Crippen LogP contribution in [0.3, 0.4) is 0 Å². The van der Waals surface area contributed by atoms with Crippen molar-refractivity contribution in [2.45, 2.75) is 26.2 Å². The SMILES string of the molecule is CC(C)(C)c1cc(NC(=O)Nc2ccc(Oc3ccnc(NS(C)(=O)=O)c3)cc2)n(-c2ccc3ncncc3c2)n1. The Morgan fingerprint density at radius 2 is 1.71 bits per heavy atom. The summed E-state index contributed by atoms with van der Waals surface area (Å²) < 4.78 is 32.7. The van der Waals surface area contributed by atoms with E-state index in [1.807, 2.05) is 24.3 Å². The third-order valence-corrected chi connectivity index (χ3v) is 6.40. The lowest BCUT2D eigenvalue weighted by Gasteiger charge is -2.14. The molecule has 12 nitrogen and oxygen atoms in total. The Labute approximate surface area is 236 Å². The Morgan fingerprint density at radius 1 is 0.927 bits per heavy atom. The second-order valence-electron chi connectivity index (χ2n) is 10.3. The second kappa shape index (κ2) is 10.8. The Balaban J connectivity index is 1.30. The predicted octanol–water partition coefficient (Wildman–Crippen LogP) is 5.32. The highest BCUT2D eigenvalue weighted by Crippen LogP contribution is 2.28. The highest BCUT2D eigenvalue weighted by Gasteiger charge is 2.22. The number of nitrogens with one attached hydrogen (secondary N) is 3. The fourth-order valence-corrected chi connectivity index (χ4v) is 4.37. The van der Waals surface area contributed by atoms with Crippen molar-refractivity contribution < 1.29 is 17.9 Å². The minimum absolute atomic E-state index is 0.144. The van der Waals surface area contributed by atoms with E-state index in [-0.39, 0.29) is 11.2 Å². The number of hydrogen-bond acceptors (Lipinski definition) is 8. The van der Waals surface area contributed by atoms with Gasteiger partial charge in [-0.3, -0.25) is 10.0 Å². The summed E-state index contributed by atoms with van der Waals surface area (Å²) in [6.45, 7) is 6.16. The first-order valence-electron chi connectivity index (χ1n) is 12.5. The number of anilines is 3. The van der Waals surface area contributed by atoms with Gasteiger partial charge in [0.25, 0.3) is 0 Å². The van der Waals surface area contributed by atoms with E-state index in [4.69, 9.17) is 9.84 Å². The molecule has 0 bridgehead atoms. The number of fused-ring (bicyclic) bond motifs is 1. The van der Waals surface area contributed by atoms with Gasteiger partial charge in [0.15, 0.2) is 0 Å². The molecular formula is C28H28N8O4S. The van der Waals surface area contributed by atoms with Crippen molar-refractivity contribution in [2.75, 3.05) is 21.6 Å². The molecule has 0 spiro atoms. The monoisotopic (exact) mass is 572 g/mol. The molecule has 210 valence electrons. The first-order chi connectivity index (χ1) is 19.4. The lowest BCUT2D eigenvalue weighted by atomic mass is 9.92. The minimum atomic E-state index is -3.46. The van der Waals surface area contributed by atoms with Crippen LogP contribution in [0.5, 0.6) is 11.5 Å². The van der Waals surface area contributed by atoms with E-state index >= 15 is 0 Å². The van der Waals surface area contributed by atoms with Gasteiger partial charge in [-0.1, -0.05) is 20.8 Å². The first kappa shape index (κ1) is 27.5. The third-order valence-electron chi connectivity index (χ3n) is 5.82. The largest absolute Gasteiger partial charge is 0.457 e. The number of carbonyl (C=O) groups is 1. The van der Waals surface area contributed by atoms with Gasteiger partial charge in [0.2, 0.25) is 10.0 Å². The molecule has 2 aromatic carbocycles. The summed E-state index contributed by atoms with van der Waals surface area (Å²) in [4.78, 5) is 25.3. The average Bonchev–Trinajstić information content (AvgIpc) is 3.33. The molecule has 0 aliphatic heterocycles. The summed E-state index contributed by atoms with van der Waals surface area (Å²) in [6.07, 6.45) is 5.70. The van der Waals surface area contributed by atoms with Crippen molar-refractivity contribution >= 4 is 44.3 Å². The van der Waals surface area contributed by atoms with Gasteiger partial charge in [-0.15, -0.1) is 0 Å². The Morgan fingerprint density at radius 3 is 2.44 bits per heavy atom. The van der Waals surface area contributed by atoms with Gasteiger partial charge in [0.1, 0.15) is 29.5 Å². The number of sulfonamides is 1. The van der Waals surface area contributed by atoms with Crippen molar-refractivity contribution in [2.24, 2.45) is 0 Å². The Kier molecular flexibility index (Phi) is 7.28. The zero-order valence-electron chi connectivity index (χ0n) is 22.8. The van der Waals surface area contributed by atoms with E-state index in [0.29, 0.717) is 23.0 Å². The van der Waals surface area contributed by atoms with Crippen LogP contribution in [0.4, 0.5) is 22.1 Å². The molecule has 13 heteroatoms. The molecule has 3 N–H and O–H groups in total. The molecule has 5 aromatic rings. The lowest BCUT2D eigenvalue weighted by molar-refractivity contribution is 0.262. The van der Waals surface area contributed by atoms with E-state index in [1.165, 1.54) is 18.6 Å². The summed E-state index contributed by atoms with van der Waals surface area (Å²) >= 11 is 0. The van der Waals surface area contributed by atoms with Crippen molar-refractivity contribution in [1.29, 1.82) is 0 Å². The maximum absolute atomic E-state index is 13.0. The number of carbonyl (C=O) groups excluding carboxylic acids is 1. The van der Waals surface area contributed by atoms with Gasteiger partial charge < -0.3 is 10.1 Å². The number of urea groups is 1. The van der Waals surface area contributed by atoms with Crippen LogP contribution in [0, 0.1) is 0 Å². The number of aromatic nitrogens is 5. The third kappa shape index (κ3) is 6.94. The number of amides is 2. The maximum atomic E-state index is 13.0. The number of ether oxygens (including phenoxy) is 1. The van der Waals surface area contributed by atoms with Crippen LogP contribution in [0.25, 0.3) is 16.6 Å². The molecule has 0 aliphatic rings. The van der Waals surface area contributed by atoms with Crippen LogP contribution in [-0.4, -0.2) is 45.4 Å². The fourth-order valence-electron chi connectivity index (χ4n) is 3.88. The molecule has 3 aromatic heterocycles. The number of rotatable bonds is 7. The van der Waals surface area contributed by atoms with Gasteiger partial charge in [-0.05, 0) is 48.5 Å². The maximum Gasteiger partial charge on any atom is 0.324 e. The molecule has 0 aliphatic carbocycles. The van der Waals surface area contributed by atoms with Gasteiger partial charge in [-0.2, -0.15) is 5.10 Å². The van der Waals surface area contributed by atoms with Crippen molar-refractivity contribution in [3.8, 4) is 17.2 Å². The molecule has 0 radical (unpaired) electrons. The van der Waals surface area contributed by atoms with Crippen molar-refractivity contribution in [1.82, 2.24) is 24.7 Å². The van der Waals surface area contributed by atoms with Crippen LogP contribution in [0.1, 0.15) is 26.5 Å². The van der Waals surface area contributed by atoms with E-state index in [1.54, 1.807) is 41.2 Å². The highest BCUT2D eigenvalue weighted by atomic mass is 32.2. The molecular weight excluding hydrogens is 544 g/mol. The summed E-state index contributed by atoms with van der Waals surface area (Å²) in [6, 6.07) is 16.9. The van der Waals surface area contributed by atoms with E-state index in [9.17, 15) is 13.2 Å². The van der Waals surface area contributed by atoms with E-state index in [2.05, 4.69) is 51.1 Å². The summed E-state index contributed by atoms with van der Waals surface area (Å²) in [5.41, 5.74) is 2.66. The number of hydrogen-bond donors (Lipinski definition) is 3. The lowest BCUT2D eigenvalue weighted by Crippen LogP contribution is -2.21. The summed E-state index contributed by atoms with van der Waals surface area (Å²) in [7, 11) is -3.46. The summed E-state index contributed by atoms with van der Waals surface area (Å²) in [5.74, 6) is 1.53. The quantitative estimate of drug-likeness (QED) is 0.237. The standard InChI is InChI=1S/C28H28N8O4S/c1-28(2,3)24-15-26(36(34-24)20-7-10-23-18(13-20)16-29-17-31-23)33-27(37)32-19-5-8-21(9-6-19)40-22-11-12-30-25(14-22)35-41(4,38)39/h5-17H,1-4H3,(H,30,35)(H2,32,33,37). The second-order valence-corrected chi connectivity index (χ2v) is 12.0. The normalized spacial score (nSPS) is 11.7. The Hall–Kier alpha value is -5.04. The van der Waals surface area contributed by atoms with Crippen LogP contribution in [0.2, 0.25) is 0 Å². The van der Waals surface area contributed by atoms with E-state index in [0.717, 1.165) is 28.5 Å². The van der Waals surface area contributed by atoms with E-state index < -0.39 is 16.1 Å². The predicted molar refractivity (Wildman–Crippen MR) is 157 cm³/mol. The number of pyridine rings is 1. The van der Waals surface area contributed by atoms with Gasteiger partial charge in [-0.25, -0.2) is 32.8 Å². The summed E-state index contributed by atoms with van der Waals surface area (Å²) in [5, 5.41) is 11.3. The van der Waals surface area contributed by atoms with Gasteiger partial charge >= 0.3 is 6.03 Å².